The van der Waals surface area contributed by atoms with Crippen LogP contribution in [0.4, 0.5) is 0 Å². The van der Waals surface area contributed by atoms with Crippen molar-refractivity contribution in [3.05, 3.63) is 71.8 Å². The first-order valence-corrected chi connectivity index (χ1v) is 25.8. The van der Waals surface area contributed by atoms with E-state index in [0.29, 0.717) is 72.2 Å². The second kappa shape index (κ2) is 20.5. The Balaban J connectivity index is 0.000000154. The molecule has 6 saturated carbocycles. The van der Waals surface area contributed by atoms with Crippen molar-refractivity contribution in [3.63, 3.8) is 0 Å². The minimum absolute atomic E-state index is 0.0652. The quantitative estimate of drug-likeness (QED) is 0.0762. The first-order valence-electron chi connectivity index (χ1n) is 25.8. The molecule has 8 aliphatic rings. The van der Waals surface area contributed by atoms with E-state index in [1.54, 1.807) is 18.2 Å². The molecule has 6 fully saturated rings. The van der Waals surface area contributed by atoms with E-state index in [1.807, 2.05) is 6.07 Å². The Morgan fingerprint density at radius 3 is 1.64 bits per heavy atom. The standard InChI is InChI=1S/C28H41NO4.C20H35NO2.C8H6O3/c1-18-4-6-22-21(10-13-29-16-19-5-7-24-25(14-19)33-17-32-24)23(9-12-27(18,22)2)28(3)11-8-20(30)15-26(28)31;1-13-4-5-16-15(8-11-21)17(7-10-19(13,16)2)20(3)9-6-14(22)12-18(20)23;9-4-6-1-2-7-8(3-6)11-5-10-7/h5,7,14,20-23,26,29-31H,1,4,6,8-13,15-17H2,2-3H3;14-18,22-23H,1,4-12,21H2,2-3H3;1-4H,5H2/t20-,21-,22-,23-,26-,27+,28+;14-,15-,16-,17-,18-,19+,20+;/m00./s1. The van der Waals surface area contributed by atoms with Gasteiger partial charge < -0.3 is 50.4 Å². The Kier molecular flexibility index (Phi) is 15.3. The number of fused-ring (bicyclic) bond motifs is 4. The van der Waals surface area contributed by atoms with Crippen molar-refractivity contribution in [2.45, 2.75) is 161 Å². The van der Waals surface area contributed by atoms with Gasteiger partial charge in [-0.2, -0.15) is 0 Å². The van der Waals surface area contributed by atoms with Gasteiger partial charge in [0.15, 0.2) is 23.0 Å². The average Bonchev–Trinajstić information content (AvgIpc) is 4.11. The van der Waals surface area contributed by atoms with E-state index in [9.17, 15) is 25.2 Å². The average molecular weight is 927 g/mol. The van der Waals surface area contributed by atoms with Crippen molar-refractivity contribution >= 4 is 6.29 Å². The van der Waals surface area contributed by atoms with Crippen molar-refractivity contribution in [1.82, 2.24) is 5.32 Å². The van der Waals surface area contributed by atoms with Crippen LogP contribution in [-0.4, -0.2) is 77.8 Å². The smallest absolute Gasteiger partial charge is 0.231 e. The Hall–Kier alpha value is -3.45. The van der Waals surface area contributed by atoms with Gasteiger partial charge in [-0.3, -0.25) is 4.79 Å². The normalized spacial score (nSPS) is 39.4. The molecule has 0 radical (unpaired) electrons. The molecule has 10 rings (SSSR count). The number of carbonyl (C=O) groups is 1. The third-order valence-corrected chi connectivity index (χ3v) is 19.5. The molecule has 0 aromatic heterocycles. The van der Waals surface area contributed by atoms with E-state index in [2.05, 4.69) is 58.3 Å². The topological polar surface area (TPSA) is 173 Å². The SMILES string of the molecule is C=C1CC[C@H]2[C@H](CCN)[C@@H]([C@@]3(C)CC[C@H](O)C[C@@H]3O)CC[C@]12C.C=C1CC[C@H]2[C@H](CCNCc3ccc4c(c3)OCO4)[C@@H]([C@@]3(C)CC[C@H](O)C[C@@H]3O)CC[C@]12C.O=Cc1ccc2c(c1)OCO2. The summed E-state index contributed by atoms with van der Waals surface area (Å²) in [5.74, 6) is 6.52. The summed E-state index contributed by atoms with van der Waals surface area (Å²) in [5.41, 5.74) is 11.0. The number of nitrogens with two attached hydrogens (primary N) is 1. The summed E-state index contributed by atoms with van der Waals surface area (Å²) < 4.78 is 21.1. The molecule has 2 aliphatic heterocycles. The first-order chi connectivity index (χ1) is 32.0. The van der Waals surface area contributed by atoms with Gasteiger partial charge in [-0.1, -0.05) is 58.1 Å². The van der Waals surface area contributed by atoms with Gasteiger partial charge >= 0.3 is 0 Å². The van der Waals surface area contributed by atoms with Crippen molar-refractivity contribution in [2.75, 3.05) is 26.7 Å². The van der Waals surface area contributed by atoms with Crippen LogP contribution in [0.3, 0.4) is 0 Å². The second-order valence-electron chi connectivity index (χ2n) is 22.8. The fourth-order valence-electron chi connectivity index (χ4n) is 15.0. The van der Waals surface area contributed by atoms with Crippen LogP contribution in [0.2, 0.25) is 0 Å². The zero-order chi connectivity index (χ0) is 47.7. The van der Waals surface area contributed by atoms with Crippen LogP contribution >= 0.6 is 0 Å². The van der Waals surface area contributed by atoms with Crippen LogP contribution in [0.1, 0.15) is 146 Å². The zero-order valence-corrected chi connectivity index (χ0v) is 41.0. The largest absolute Gasteiger partial charge is 0.454 e. The van der Waals surface area contributed by atoms with E-state index in [4.69, 9.17) is 24.7 Å². The van der Waals surface area contributed by atoms with Gasteiger partial charge in [0.05, 0.1) is 24.4 Å². The molecule has 11 nitrogen and oxygen atoms in total. The van der Waals surface area contributed by atoms with Gasteiger partial charge in [-0.25, -0.2) is 0 Å². The molecule has 2 aromatic carbocycles. The van der Waals surface area contributed by atoms with Gasteiger partial charge in [0.1, 0.15) is 6.29 Å². The maximum Gasteiger partial charge on any atom is 0.231 e. The summed E-state index contributed by atoms with van der Waals surface area (Å²) in [7, 11) is 0. The fourth-order valence-corrected chi connectivity index (χ4v) is 15.0. The maximum absolute atomic E-state index is 11.1. The Morgan fingerprint density at radius 1 is 0.642 bits per heavy atom. The highest BCUT2D eigenvalue weighted by atomic mass is 16.7. The van der Waals surface area contributed by atoms with Crippen LogP contribution in [0.5, 0.6) is 23.0 Å². The highest BCUT2D eigenvalue weighted by Crippen LogP contribution is 2.65. The predicted molar refractivity (Wildman–Crippen MR) is 261 cm³/mol. The third kappa shape index (κ3) is 9.85. The van der Waals surface area contributed by atoms with Crippen molar-refractivity contribution < 1.29 is 44.2 Å². The zero-order valence-electron chi connectivity index (χ0n) is 41.0. The maximum atomic E-state index is 11.1. The van der Waals surface area contributed by atoms with E-state index < -0.39 is 6.10 Å². The molecule has 0 spiro atoms. The molecule has 6 aliphatic carbocycles. The number of benzene rings is 2. The molecule has 0 amide bonds. The summed E-state index contributed by atoms with van der Waals surface area (Å²) in [5, 5.41) is 45.6. The van der Waals surface area contributed by atoms with E-state index in [1.165, 1.54) is 48.8 Å². The van der Waals surface area contributed by atoms with E-state index >= 15 is 0 Å². The van der Waals surface area contributed by atoms with E-state index in [0.717, 1.165) is 95.2 Å². The minimum Gasteiger partial charge on any atom is -0.454 e. The highest BCUT2D eigenvalue weighted by molar-refractivity contribution is 5.76. The van der Waals surface area contributed by atoms with E-state index in [-0.39, 0.29) is 46.8 Å². The summed E-state index contributed by atoms with van der Waals surface area (Å²) in [6, 6.07) is 11.3. The predicted octanol–water partition coefficient (Wildman–Crippen LogP) is 9.28. The number of hydrogen-bond donors (Lipinski definition) is 6. The molecular weight excluding hydrogens is 845 g/mol. The number of nitrogens with one attached hydrogen (secondary N) is 1. The molecule has 2 heterocycles. The van der Waals surface area contributed by atoms with Crippen molar-refractivity contribution in [1.29, 1.82) is 0 Å². The molecule has 14 atom stereocenters. The molecule has 0 bridgehead atoms. The van der Waals surface area contributed by atoms with Gasteiger partial charge in [0.2, 0.25) is 13.6 Å². The lowest BCUT2D eigenvalue weighted by Crippen LogP contribution is -2.52. The third-order valence-electron chi connectivity index (χ3n) is 19.5. The molecule has 7 N–H and O–H groups in total. The number of hydrogen-bond acceptors (Lipinski definition) is 11. The Morgan fingerprint density at radius 2 is 1.13 bits per heavy atom. The number of ether oxygens (including phenoxy) is 4. The minimum atomic E-state index is -0.413. The van der Waals surface area contributed by atoms with Crippen molar-refractivity contribution in [3.8, 4) is 23.0 Å². The summed E-state index contributed by atoms with van der Waals surface area (Å²) >= 11 is 0. The lowest BCUT2D eigenvalue weighted by Gasteiger charge is -2.55. The number of allylic oxidation sites excluding steroid dienone is 2. The summed E-state index contributed by atoms with van der Waals surface area (Å²) in [6.45, 7) is 21.3. The van der Waals surface area contributed by atoms with Crippen LogP contribution in [0.25, 0.3) is 0 Å². The van der Waals surface area contributed by atoms with Gasteiger partial charge in [-0.15, -0.1) is 0 Å². The number of rotatable bonds is 10. The first kappa shape index (κ1) is 50.0. The van der Waals surface area contributed by atoms with Crippen LogP contribution in [-0.2, 0) is 6.54 Å². The van der Waals surface area contributed by atoms with Crippen LogP contribution in [0.15, 0.2) is 60.7 Å². The highest BCUT2D eigenvalue weighted by Gasteiger charge is 2.58. The van der Waals surface area contributed by atoms with Gasteiger partial charge in [-0.05, 0) is 209 Å². The summed E-state index contributed by atoms with van der Waals surface area (Å²) in [4.78, 5) is 10.3. The monoisotopic (exact) mass is 927 g/mol. The Labute approximate surface area is 400 Å². The molecule has 0 saturated heterocycles. The molecule has 370 valence electrons. The molecule has 0 unspecified atom stereocenters. The molecular formula is C56H82N2O9. The molecule has 2 aromatic rings. The molecule has 67 heavy (non-hydrogen) atoms. The van der Waals surface area contributed by atoms with Gasteiger partial charge in [0, 0.05) is 12.1 Å². The fraction of sp³-hybridized carbons (Fsp3) is 0.696. The van der Waals surface area contributed by atoms with Crippen LogP contribution in [0, 0.1) is 57.2 Å². The number of carbonyl (C=O) groups excluding carboxylic acids is 1. The Bertz CT molecular complexity index is 2080. The number of aliphatic hydroxyl groups excluding tert-OH is 4. The van der Waals surface area contributed by atoms with Crippen LogP contribution < -0.4 is 30.0 Å². The summed E-state index contributed by atoms with van der Waals surface area (Å²) in [6.07, 6.45) is 15.5. The lowest BCUT2D eigenvalue weighted by atomic mass is 9.50. The number of aliphatic hydroxyl groups is 4. The van der Waals surface area contributed by atoms with Crippen molar-refractivity contribution in [2.24, 2.45) is 62.9 Å². The lowest BCUT2D eigenvalue weighted by molar-refractivity contribution is -0.120. The van der Waals surface area contributed by atoms with Gasteiger partial charge in [0.25, 0.3) is 0 Å². The molecule has 11 heteroatoms. The number of aldehydes is 1. The second-order valence-corrected chi connectivity index (χ2v) is 22.8.